The van der Waals surface area contributed by atoms with Crippen molar-refractivity contribution in [2.45, 2.75) is 136 Å². The van der Waals surface area contributed by atoms with Crippen LogP contribution in [0.5, 0.6) is 0 Å². The standard InChI is InChI=1S/C32H70O8Si6/c1-16-26-44(13,39-45(14,37-42(8,9)10)27-20-23-34-24-25-35-28-31(3)33-4)40-46(15,38-43(11,12)36-41(5,6)7)29-30(2)32-21-18-17-19-22-32/h17-19,21-22,30-31H,16,20,23-29H2,1-15H3. The van der Waals surface area contributed by atoms with Crippen molar-refractivity contribution in [2.24, 2.45) is 0 Å². The second-order valence-corrected chi connectivity index (χ2v) is 39.2. The van der Waals surface area contributed by atoms with Gasteiger partial charge >= 0.3 is 34.2 Å². The normalized spacial score (nSPS) is 18.4. The molecule has 0 aromatic heterocycles. The first-order chi connectivity index (χ1) is 21.0. The quantitative estimate of drug-likeness (QED) is 0.0724. The number of rotatable bonds is 25. The van der Waals surface area contributed by atoms with Crippen molar-refractivity contribution in [3.05, 3.63) is 35.9 Å². The molecule has 1 aromatic carbocycles. The second-order valence-electron chi connectivity index (χ2n) is 15.6. The van der Waals surface area contributed by atoms with Crippen molar-refractivity contribution >= 4 is 50.9 Å². The predicted octanol–water partition coefficient (Wildman–Crippen LogP) is 9.33. The molecule has 0 fully saturated rings. The van der Waals surface area contributed by atoms with Gasteiger partial charge in [-0.05, 0) is 115 Å². The topological polar surface area (TPSA) is 73.8 Å². The van der Waals surface area contributed by atoms with Gasteiger partial charge in [-0.1, -0.05) is 50.6 Å². The van der Waals surface area contributed by atoms with Gasteiger partial charge in [0, 0.05) is 13.7 Å². The summed E-state index contributed by atoms with van der Waals surface area (Å²) < 4.78 is 52.4. The Labute approximate surface area is 289 Å². The van der Waals surface area contributed by atoms with Gasteiger partial charge in [0.1, 0.15) is 0 Å². The van der Waals surface area contributed by atoms with E-state index < -0.39 is 50.9 Å². The minimum absolute atomic E-state index is 0.0875. The number of ether oxygens (including phenoxy) is 3. The van der Waals surface area contributed by atoms with Gasteiger partial charge in [0.25, 0.3) is 0 Å². The maximum atomic E-state index is 7.43. The lowest BCUT2D eigenvalue weighted by atomic mass is 10.0. The van der Waals surface area contributed by atoms with Crippen molar-refractivity contribution in [1.82, 2.24) is 0 Å². The molecule has 0 aliphatic rings. The van der Waals surface area contributed by atoms with Crippen molar-refractivity contribution in [3.8, 4) is 0 Å². The minimum Gasteiger partial charge on any atom is -0.437 e. The Morgan fingerprint density at radius 2 is 1.15 bits per heavy atom. The van der Waals surface area contributed by atoms with Crippen LogP contribution in [0.25, 0.3) is 0 Å². The summed E-state index contributed by atoms with van der Waals surface area (Å²) in [5.74, 6) is 0.287. The molecule has 0 bridgehead atoms. The van der Waals surface area contributed by atoms with Crippen molar-refractivity contribution < 1.29 is 34.8 Å². The Morgan fingerprint density at radius 3 is 1.70 bits per heavy atom. The van der Waals surface area contributed by atoms with E-state index in [0.717, 1.165) is 31.0 Å². The maximum Gasteiger partial charge on any atom is 0.317 e. The lowest BCUT2D eigenvalue weighted by molar-refractivity contribution is -0.00631. The highest BCUT2D eigenvalue weighted by molar-refractivity contribution is 6.92. The Bertz CT molecular complexity index is 980. The van der Waals surface area contributed by atoms with E-state index in [0.29, 0.717) is 26.4 Å². The Balaban J connectivity index is 3.22. The molecular weight excluding hydrogens is 681 g/mol. The first-order valence-electron chi connectivity index (χ1n) is 17.3. The molecule has 0 heterocycles. The number of hydrogen-bond donors (Lipinski definition) is 0. The molecule has 0 spiro atoms. The van der Waals surface area contributed by atoms with Gasteiger partial charge in [-0.3, -0.25) is 0 Å². The third-order valence-corrected chi connectivity index (χ3v) is 30.4. The van der Waals surface area contributed by atoms with E-state index in [1.807, 2.05) is 6.92 Å². The van der Waals surface area contributed by atoms with Gasteiger partial charge in [-0.15, -0.1) is 0 Å². The molecular formula is C32H70O8Si6. The van der Waals surface area contributed by atoms with Crippen molar-refractivity contribution in [2.75, 3.05) is 33.5 Å². The molecule has 0 radical (unpaired) electrons. The fourth-order valence-electron chi connectivity index (χ4n) is 6.13. The van der Waals surface area contributed by atoms with Gasteiger partial charge in [0.15, 0.2) is 16.6 Å². The largest absolute Gasteiger partial charge is 0.437 e. The fraction of sp³-hybridized carbons (Fsp3) is 0.812. The van der Waals surface area contributed by atoms with Crippen LogP contribution in [0.3, 0.4) is 0 Å². The molecule has 1 aromatic rings. The molecule has 5 unspecified atom stereocenters. The van der Waals surface area contributed by atoms with E-state index in [1.165, 1.54) is 5.56 Å². The van der Waals surface area contributed by atoms with E-state index in [4.69, 9.17) is 34.8 Å². The predicted molar refractivity (Wildman–Crippen MR) is 207 cm³/mol. The van der Waals surface area contributed by atoms with E-state index in [2.05, 4.69) is 116 Å². The van der Waals surface area contributed by atoms with E-state index >= 15 is 0 Å². The van der Waals surface area contributed by atoms with Gasteiger partial charge in [0.05, 0.1) is 25.9 Å². The van der Waals surface area contributed by atoms with E-state index in [9.17, 15) is 0 Å². The number of methoxy groups -OCH3 is 1. The average molecular weight is 751 g/mol. The van der Waals surface area contributed by atoms with Crippen LogP contribution in [-0.2, 0) is 34.8 Å². The highest BCUT2D eigenvalue weighted by Crippen LogP contribution is 2.36. The molecule has 270 valence electrons. The van der Waals surface area contributed by atoms with Gasteiger partial charge in [-0.25, -0.2) is 0 Å². The molecule has 0 aliphatic heterocycles. The van der Waals surface area contributed by atoms with Crippen LogP contribution in [0.1, 0.15) is 45.1 Å². The van der Waals surface area contributed by atoms with Crippen LogP contribution in [0, 0.1) is 0 Å². The minimum atomic E-state index is -2.80. The zero-order valence-corrected chi connectivity index (χ0v) is 38.2. The SMILES string of the molecule is CCC[Si](C)(O[Si](C)(CCCOCCOCC(C)OC)O[Si](C)(C)C)O[Si](C)(CC(C)c1ccccc1)O[Si](C)(C)O[Si](C)(C)C. The number of benzene rings is 1. The zero-order chi connectivity index (χ0) is 35.3. The molecule has 8 nitrogen and oxygen atoms in total. The van der Waals surface area contributed by atoms with Gasteiger partial charge < -0.3 is 34.8 Å². The molecule has 0 saturated carbocycles. The van der Waals surface area contributed by atoms with Crippen LogP contribution in [0.15, 0.2) is 30.3 Å². The summed E-state index contributed by atoms with van der Waals surface area (Å²) in [5.41, 5.74) is 1.30. The van der Waals surface area contributed by atoms with Crippen LogP contribution in [-0.4, -0.2) is 90.5 Å². The Morgan fingerprint density at radius 1 is 0.609 bits per heavy atom. The maximum absolute atomic E-state index is 7.43. The van der Waals surface area contributed by atoms with Crippen molar-refractivity contribution in [3.63, 3.8) is 0 Å². The lowest BCUT2D eigenvalue weighted by Crippen LogP contribution is -2.62. The number of hydrogen-bond acceptors (Lipinski definition) is 8. The van der Waals surface area contributed by atoms with E-state index in [1.54, 1.807) is 7.11 Å². The molecule has 14 heteroatoms. The zero-order valence-electron chi connectivity index (χ0n) is 32.2. The lowest BCUT2D eigenvalue weighted by Gasteiger charge is -2.46. The van der Waals surface area contributed by atoms with Gasteiger partial charge in [0.2, 0.25) is 0 Å². The Kier molecular flexibility index (Phi) is 18.8. The smallest absolute Gasteiger partial charge is 0.317 e. The first-order valence-corrected chi connectivity index (χ1v) is 34.5. The van der Waals surface area contributed by atoms with Crippen LogP contribution in [0.2, 0.25) is 90.1 Å². The molecule has 0 amide bonds. The summed E-state index contributed by atoms with van der Waals surface area (Å²) in [6.45, 7) is 33.4. The molecule has 0 aliphatic carbocycles. The molecule has 0 saturated heterocycles. The Hall–Kier alpha value is 0.201. The third-order valence-electron chi connectivity index (χ3n) is 7.20. The summed E-state index contributed by atoms with van der Waals surface area (Å²) in [4.78, 5) is 0. The van der Waals surface area contributed by atoms with Gasteiger partial charge in [-0.2, -0.15) is 0 Å². The molecule has 46 heavy (non-hydrogen) atoms. The van der Waals surface area contributed by atoms with Crippen LogP contribution < -0.4 is 0 Å². The second kappa shape index (κ2) is 19.6. The van der Waals surface area contributed by atoms with Crippen molar-refractivity contribution in [1.29, 1.82) is 0 Å². The summed E-state index contributed by atoms with van der Waals surface area (Å²) in [6, 6.07) is 13.3. The third kappa shape index (κ3) is 19.4. The summed E-state index contributed by atoms with van der Waals surface area (Å²) in [5, 5.41) is 0. The van der Waals surface area contributed by atoms with Crippen LogP contribution in [0.4, 0.5) is 0 Å². The monoisotopic (exact) mass is 750 g/mol. The average Bonchev–Trinajstić information content (AvgIpc) is 2.86. The molecule has 1 rings (SSSR count). The summed E-state index contributed by atoms with van der Waals surface area (Å²) in [6.07, 6.45) is 1.94. The molecule has 5 atom stereocenters. The summed E-state index contributed by atoms with van der Waals surface area (Å²) >= 11 is 0. The fourth-order valence-corrected chi connectivity index (χ4v) is 36.2. The highest BCUT2D eigenvalue weighted by Gasteiger charge is 2.51. The molecule has 0 N–H and O–H groups in total. The summed E-state index contributed by atoms with van der Waals surface area (Å²) in [7, 11) is -12.7. The van der Waals surface area contributed by atoms with E-state index in [-0.39, 0.29) is 12.0 Å². The highest BCUT2D eigenvalue weighted by atomic mass is 28.5. The van der Waals surface area contributed by atoms with Crippen LogP contribution >= 0.6 is 0 Å². The first kappa shape index (κ1) is 44.2.